The van der Waals surface area contributed by atoms with Gasteiger partial charge in [0.05, 0.1) is 11.5 Å². The highest BCUT2D eigenvalue weighted by molar-refractivity contribution is 6.32. The van der Waals surface area contributed by atoms with E-state index in [0.29, 0.717) is 19.0 Å². The lowest BCUT2D eigenvalue weighted by molar-refractivity contribution is -0.384. The summed E-state index contributed by atoms with van der Waals surface area (Å²) in [4.78, 5) is 9.99. The summed E-state index contributed by atoms with van der Waals surface area (Å²) in [6.45, 7) is 3.02. The van der Waals surface area contributed by atoms with Crippen LogP contribution in [0.4, 0.5) is 5.69 Å². The quantitative estimate of drug-likeness (QED) is 0.463. The van der Waals surface area contributed by atoms with Gasteiger partial charge in [-0.1, -0.05) is 11.6 Å². The summed E-state index contributed by atoms with van der Waals surface area (Å²) in [7, 11) is 0. The molecule has 1 aromatic carbocycles. The summed E-state index contributed by atoms with van der Waals surface area (Å²) >= 11 is 5.74. The van der Waals surface area contributed by atoms with E-state index in [-0.39, 0.29) is 16.3 Å². The number of nitro groups is 1. The Balaban J connectivity index is 2.05. The third-order valence-electron chi connectivity index (χ3n) is 2.30. The van der Waals surface area contributed by atoms with Gasteiger partial charge in [0, 0.05) is 12.1 Å². The predicted octanol–water partition coefficient (Wildman–Crippen LogP) is 2.42. The molecular formula is C10H10ClNO4. The fraction of sp³-hybridized carbons (Fsp3) is 0.400. The lowest BCUT2D eigenvalue weighted by Gasteiger charge is -2.08. The fourth-order valence-corrected chi connectivity index (χ4v) is 1.41. The van der Waals surface area contributed by atoms with Gasteiger partial charge in [0.15, 0.2) is 0 Å². The van der Waals surface area contributed by atoms with Gasteiger partial charge in [-0.15, -0.1) is 0 Å². The van der Waals surface area contributed by atoms with Crippen molar-refractivity contribution in [2.75, 3.05) is 13.2 Å². The van der Waals surface area contributed by atoms with E-state index in [2.05, 4.69) is 0 Å². The zero-order valence-electron chi connectivity index (χ0n) is 8.60. The summed E-state index contributed by atoms with van der Waals surface area (Å²) in [5, 5.41) is 10.6. The number of nitrogens with zero attached hydrogens (tertiary/aromatic N) is 1. The van der Waals surface area contributed by atoms with Crippen LogP contribution in [0.3, 0.4) is 0 Å². The number of rotatable bonds is 4. The molecule has 1 aromatic rings. The number of halogens is 1. The zero-order chi connectivity index (χ0) is 11.8. The second kappa shape index (κ2) is 3.92. The second-order valence-corrected chi connectivity index (χ2v) is 4.30. The number of benzene rings is 1. The van der Waals surface area contributed by atoms with Crippen LogP contribution >= 0.6 is 11.6 Å². The minimum absolute atomic E-state index is 0.0735. The average molecular weight is 244 g/mol. The van der Waals surface area contributed by atoms with E-state index in [9.17, 15) is 10.1 Å². The first-order valence-electron chi connectivity index (χ1n) is 4.71. The summed E-state index contributed by atoms with van der Waals surface area (Å²) in [6, 6.07) is 4.29. The zero-order valence-corrected chi connectivity index (χ0v) is 9.36. The average Bonchev–Trinajstić information content (AvgIpc) is 2.94. The van der Waals surface area contributed by atoms with E-state index in [1.807, 2.05) is 6.92 Å². The smallest absolute Gasteiger partial charge is 0.288 e. The number of nitro benzene ring substituents is 1. The van der Waals surface area contributed by atoms with Gasteiger partial charge in [-0.2, -0.15) is 0 Å². The van der Waals surface area contributed by atoms with Crippen LogP contribution < -0.4 is 4.74 Å². The molecule has 0 aliphatic carbocycles. The van der Waals surface area contributed by atoms with E-state index >= 15 is 0 Å². The molecule has 1 atom stereocenters. The van der Waals surface area contributed by atoms with Gasteiger partial charge in [-0.25, -0.2) is 0 Å². The third kappa shape index (κ3) is 2.43. The highest BCUT2D eigenvalue weighted by Gasteiger charge is 2.40. The van der Waals surface area contributed by atoms with Gasteiger partial charge < -0.3 is 9.47 Å². The van der Waals surface area contributed by atoms with E-state index in [0.717, 1.165) is 0 Å². The van der Waals surface area contributed by atoms with Crippen molar-refractivity contribution >= 4 is 17.3 Å². The van der Waals surface area contributed by atoms with E-state index in [4.69, 9.17) is 21.1 Å². The molecule has 0 bridgehead atoms. The monoisotopic (exact) mass is 243 g/mol. The Morgan fingerprint density at radius 3 is 2.88 bits per heavy atom. The molecule has 5 nitrogen and oxygen atoms in total. The predicted molar refractivity (Wildman–Crippen MR) is 58.0 cm³/mol. The molecule has 16 heavy (non-hydrogen) atoms. The molecule has 1 aliphatic heterocycles. The molecule has 86 valence electrons. The van der Waals surface area contributed by atoms with E-state index < -0.39 is 4.92 Å². The number of hydrogen-bond acceptors (Lipinski definition) is 4. The van der Waals surface area contributed by atoms with Gasteiger partial charge in [0.2, 0.25) is 0 Å². The molecule has 6 heteroatoms. The standard InChI is InChI=1S/C10H10ClNO4/c1-10(6-16-10)5-15-7-2-3-9(12(13)14)8(11)4-7/h2-4H,5-6H2,1H3. The molecule has 0 spiro atoms. The maximum Gasteiger partial charge on any atom is 0.288 e. The molecule has 1 heterocycles. The van der Waals surface area contributed by atoms with Crippen molar-refractivity contribution in [1.82, 2.24) is 0 Å². The minimum Gasteiger partial charge on any atom is -0.490 e. The van der Waals surface area contributed by atoms with Crippen LogP contribution in [0.15, 0.2) is 18.2 Å². The molecular weight excluding hydrogens is 234 g/mol. The Labute approximate surface area is 97.1 Å². The van der Waals surface area contributed by atoms with Crippen LogP contribution in [0.1, 0.15) is 6.92 Å². The van der Waals surface area contributed by atoms with Gasteiger partial charge in [-0.05, 0) is 13.0 Å². The molecule has 1 aliphatic rings. The maximum atomic E-state index is 10.5. The minimum atomic E-state index is -0.530. The molecule has 1 unspecified atom stereocenters. The van der Waals surface area contributed by atoms with Crippen molar-refractivity contribution in [2.24, 2.45) is 0 Å². The lowest BCUT2D eigenvalue weighted by Crippen LogP contribution is -2.16. The normalized spacial score (nSPS) is 22.9. The topological polar surface area (TPSA) is 64.9 Å². The van der Waals surface area contributed by atoms with Crippen molar-refractivity contribution in [3.8, 4) is 5.75 Å². The summed E-state index contributed by atoms with van der Waals surface area (Å²) in [5.41, 5.74) is -0.336. The third-order valence-corrected chi connectivity index (χ3v) is 2.60. The fourth-order valence-electron chi connectivity index (χ4n) is 1.17. The molecule has 1 fully saturated rings. The van der Waals surface area contributed by atoms with Gasteiger partial charge in [0.25, 0.3) is 5.69 Å². The molecule has 0 amide bonds. The maximum absolute atomic E-state index is 10.5. The molecule has 0 saturated carbocycles. The van der Waals surface area contributed by atoms with E-state index in [1.54, 1.807) is 0 Å². The first-order chi connectivity index (χ1) is 7.50. The van der Waals surface area contributed by atoms with Gasteiger partial charge in [0.1, 0.15) is 23.0 Å². The Morgan fingerprint density at radius 1 is 1.69 bits per heavy atom. The summed E-state index contributed by atoms with van der Waals surface area (Å²) in [5.74, 6) is 0.507. The van der Waals surface area contributed by atoms with Gasteiger partial charge in [-0.3, -0.25) is 10.1 Å². The van der Waals surface area contributed by atoms with Crippen LogP contribution in [0.25, 0.3) is 0 Å². The largest absolute Gasteiger partial charge is 0.490 e. The summed E-state index contributed by atoms with van der Waals surface area (Å²) < 4.78 is 10.6. The highest BCUT2D eigenvalue weighted by atomic mass is 35.5. The Morgan fingerprint density at radius 2 is 2.38 bits per heavy atom. The molecule has 0 aromatic heterocycles. The summed E-state index contributed by atoms with van der Waals surface area (Å²) in [6.07, 6.45) is 0. The van der Waals surface area contributed by atoms with Crippen molar-refractivity contribution < 1.29 is 14.4 Å². The first-order valence-corrected chi connectivity index (χ1v) is 5.09. The first kappa shape index (κ1) is 11.2. The van der Waals surface area contributed by atoms with Crippen molar-refractivity contribution in [3.05, 3.63) is 33.3 Å². The SMILES string of the molecule is CC1(COc2ccc([N+](=O)[O-])c(Cl)c2)CO1. The van der Waals surface area contributed by atoms with Gasteiger partial charge >= 0.3 is 0 Å². The molecule has 0 N–H and O–H groups in total. The number of hydrogen-bond donors (Lipinski definition) is 0. The number of ether oxygens (including phenoxy) is 2. The number of epoxide rings is 1. The molecule has 2 rings (SSSR count). The lowest BCUT2D eigenvalue weighted by atomic mass is 10.2. The Bertz CT molecular complexity index is 431. The van der Waals surface area contributed by atoms with Crippen molar-refractivity contribution in [2.45, 2.75) is 12.5 Å². The van der Waals surface area contributed by atoms with Crippen LogP contribution in [0.5, 0.6) is 5.75 Å². The van der Waals surface area contributed by atoms with Crippen LogP contribution in [0, 0.1) is 10.1 Å². The van der Waals surface area contributed by atoms with Crippen molar-refractivity contribution in [1.29, 1.82) is 0 Å². The Kier molecular flexibility index (Phi) is 2.73. The van der Waals surface area contributed by atoms with Crippen LogP contribution in [0.2, 0.25) is 5.02 Å². The second-order valence-electron chi connectivity index (χ2n) is 3.90. The molecule has 1 saturated heterocycles. The van der Waals surface area contributed by atoms with E-state index in [1.165, 1.54) is 18.2 Å². The van der Waals surface area contributed by atoms with Crippen LogP contribution in [-0.4, -0.2) is 23.7 Å². The highest BCUT2D eigenvalue weighted by Crippen LogP contribution is 2.31. The van der Waals surface area contributed by atoms with Crippen molar-refractivity contribution in [3.63, 3.8) is 0 Å². The Hall–Kier alpha value is -1.33. The van der Waals surface area contributed by atoms with Crippen LogP contribution in [-0.2, 0) is 4.74 Å². The molecule has 0 radical (unpaired) electrons.